The molecule has 2 aromatic heterocycles. The zero-order chi connectivity index (χ0) is 22.2. The Morgan fingerprint density at radius 1 is 1.16 bits per heavy atom. The number of sulfonamides is 1. The highest BCUT2D eigenvalue weighted by atomic mass is 32.2. The van der Waals surface area contributed by atoms with Gasteiger partial charge in [-0.15, -0.1) is 0 Å². The Balaban J connectivity index is 1.76. The van der Waals surface area contributed by atoms with E-state index < -0.39 is 10.0 Å². The second kappa shape index (κ2) is 8.16. The molecule has 10 nitrogen and oxygen atoms in total. The molecular formula is C20H24N6O4S. The summed E-state index contributed by atoms with van der Waals surface area (Å²) >= 11 is 0. The summed E-state index contributed by atoms with van der Waals surface area (Å²) < 4.78 is 38.2. The van der Waals surface area contributed by atoms with Crippen LogP contribution in [0.5, 0.6) is 11.5 Å². The van der Waals surface area contributed by atoms with Gasteiger partial charge in [-0.25, -0.2) is 23.1 Å². The summed E-state index contributed by atoms with van der Waals surface area (Å²) in [5.41, 5.74) is 8.24. The minimum absolute atomic E-state index is 0.0260. The molecule has 31 heavy (non-hydrogen) atoms. The number of nitrogens with zero attached hydrogens (tertiary/aromatic N) is 5. The fourth-order valence-corrected chi connectivity index (χ4v) is 4.81. The molecule has 3 aromatic rings. The van der Waals surface area contributed by atoms with Crippen molar-refractivity contribution in [3.8, 4) is 22.8 Å². The zero-order valence-electron chi connectivity index (χ0n) is 17.4. The average molecular weight is 445 g/mol. The number of rotatable bonds is 6. The minimum atomic E-state index is -3.43. The van der Waals surface area contributed by atoms with Crippen molar-refractivity contribution in [1.29, 1.82) is 0 Å². The Morgan fingerprint density at radius 3 is 2.52 bits per heavy atom. The SMILES string of the molecule is C=CS(=O)(=O)N1CCC(n2nc(-c3ccc(OC)c(OC)c3)c3c(N)ncnc32)CC1. The summed E-state index contributed by atoms with van der Waals surface area (Å²) in [5.74, 6) is 1.50. The normalized spacial score (nSPS) is 15.8. The summed E-state index contributed by atoms with van der Waals surface area (Å²) in [4.78, 5) is 8.57. The first-order valence-corrected chi connectivity index (χ1v) is 11.2. The van der Waals surface area contributed by atoms with E-state index in [9.17, 15) is 8.42 Å². The molecule has 11 heteroatoms. The van der Waals surface area contributed by atoms with Crippen LogP contribution in [0.1, 0.15) is 18.9 Å². The number of nitrogen functional groups attached to an aromatic ring is 1. The number of ether oxygens (including phenoxy) is 2. The van der Waals surface area contributed by atoms with E-state index in [0.717, 1.165) is 11.0 Å². The monoisotopic (exact) mass is 444 g/mol. The lowest BCUT2D eigenvalue weighted by molar-refractivity contribution is 0.267. The van der Waals surface area contributed by atoms with Crippen LogP contribution in [0.4, 0.5) is 5.82 Å². The Hall–Kier alpha value is -3.18. The average Bonchev–Trinajstić information content (AvgIpc) is 3.19. The van der Waals surface area contributed by atoms with E-state index in [1.54, 1.807) is 20.3 Å². The molecule has 0 radical (unpaired) electrons. The van der Waals surface area contributed by atoms with Crippen LogP contribution in [0, 0.1) is 0 Å². The fourth-order valence-electron chi connectivity index (χ4n) is 3.88. The van der Waals surface area contributed by atoms with Crippen LogP contribution in [0.25, 0.3) is 22.3 Å². The second-order valence-corrected chi connectivity index (χ2v) is 9.04. The summed E-state index contributed by atoms with van der Waals surface area (Å²) in [6.07, 6.45) is 2.60. The van der Waals surface area contributed by atoms with Crippen molar-refractivity contribution in [2.45, 2.75) is 18.9 Å². The van der Waals surface area contributed by atoms with Gasteiger partial charge in [-0.3, -0.25) is 0 Å². The van der Waals surface area contributed by atoms with E-state index in [4.69, 9.17) is 20.3 Å². The third-order valence-corrected chi connectivity index (χ3v) is 7.02. The van der Waals surface area contributed by atoms with Gasteiger partial charge in [0.2, 0.25) is 10.0 Å². The number of anilines is 1. The van der Waals surface area contributed by atoms with Gasteiger partial charge in [0.05, 0.1) is 25.6 Å². The maximum atomic E-state index is 12.1. The molecule has 0 unspecified atom stereocenters. The predicted molar refractivity (Wildman–Crippen MR) is 117 cm³/mol. The van der Waals surface area contributed by atoms with Crippen LogP contribution in [0.15, 0.2) is 36.5 Å². The Bertz CT molecular complexity index is 1230. The van der Waals surface area contributed by atoms with E-state index in [-0.39, 0.29) is 6.04 Å². The molecule has 3 heterocycles. The van der Waals surface area contributed by atoms with Crippen LogP contribution >= 0.6 is 0 Å². The van der Waals surface area contributed by atoms with Crippen molar-refractivity contribution in [3.63, 3.8) is 0 Å². The number of benzene rings is 1. The first-order valence-electron chi connectivity index (χ1n) is 9.73. The highest BCUT2D eigenvalue weighted by molar-refractivity contribution is 7.92. The summed E-state index contributed by atoms with van der Waals surface area (Å²) in [5, 5.41) is 6.47. The molecule has 4 rings (SSSR count). The predicted octanol–water partition coefficient (Wildman–Crippen LogP) is 2.20. The number of aromatic nitrogens is 4. The number of methoxy groups -OCH3 is 2. The van der Waals surface area contributed by atoms with Crippen molar-refractivity contribution in [2.24, 2.45) is 0 Å². The number of hydrogen-bond donors (Lipinski definition) is 1. The van der Waals surface area contributed by atoms with Gasteiger partial charge in [0, 0.05) is 24.1 Å². The lowest BCUT2D eigenvalue weighted by Crippen LogP contribution is -2.38. The third kappa shape index (κ3) is 3.70. The minimum Gasteiger partial charge on any atom is -0.493 e. The molecule has 1 aliphatic heterocycles. The third-order valence-electron chi connectivity index (χ3n) is 5.51. The number of piperidine rings is 1. The molecule has 0 spiro atoms. The number of nitrogens with two attached hydrogens (primary N) is 1. The maximum absolute atomic E-state index is 12.1. The fraction of sp³-hybridized carbons (Fsp3) is 0.350. The first-order chi connectivity index (χ1) is 14.9. The molecule has 1 aromatic carbocycles. The van der Waals surface area contributed by atoms with Crippen LogP contribution in [-0.2, 0) is 10.0 Å². The molecular weight excluding hydrogens is 420 g/mol. The van der Waals surface area contributed by atoms with Gasteiger partial charge < -0.3 is 15.2 Å². The lowest BCUT2D eigenvalue weighted by atomic mass is 10.1. The van der Waals surface area contributed by atoms with Gasteiger partial charge in [0.15, 0.2) is 17.1 Å². The summed E-state index contributed by atoms with van der Waals surface area (Å²) in [6.45, 7) is 4.16. The van der Waals surface area contributed by atoms with Gasteiger partial charge in [0.25, 0.3) is 0 Å². The first kappa shape index (κ1) is 21.1. The quantitative estimate of drug-likeness (QED) is 0.613. The van der Waals surface area contributed by atoms with Crippen molar-refractivity contribution in [3.05, 3.63) is 36.5 Å². The van der Waals surface area contributed by atoms with Crippen LogP contribution in [-0.4, -0.2) is 59.8 Å². The van der Waals surface area contributed by atoms with E-state index in [1.807, 2.05) is 16.8 Å². The van der Waals surface area contributed by atoms with Crippen molar-refractivity contribution in [1.82, 2.24) is 24.1 Å². The van der Waals surface area contributed by atoms with Crippen molar-refractivity contribution < 1.29 is 17.9 Å². The van der Waals surface area contributed by atoms with E-state index >= 15 is 0 Å². The summed E-state index contributed by atoms with van der Waals surface area (Å²) in [7, 11) is -0.286. The summed E-state index contributed by atoms with van der Waals surface area (Å²) in [6, 6.07) is 5.48. The van der Waals surface area contributed by atoms with Crippen molar-refractivity contribution >= 4 is 26.9 Å². The Kier molecular flexibility index (Phi) is 5.54. The molecule has 164 valence electrons. The standard InChI is InChI=1S/C20H24N6O4S/c1-4-31(27,28)25-9-7-14(8-10-25)26-20-17(19(21)22-12-23-20)18(24-26)13-5-6-15(29-2)16(11-13)30-3/h4-6,11-12,14H,1,7-10H2,2-3H3,(H2,21,22,23). The smallest absolute Gasteiger partial charge is 0.235 e. The molecule has 0 saturated carbocycles. The largest absolute Gasteiger partial charge is 0.493 e. The van der Waals surface area contributed by atoms with Crippen LogP contribution in [0.3, 0.4) is 0 Å². The molecule has 1 fully saturated rings. The zero-order valence-corrected chi connectivity index (χ0v) is 18.2. The molecule has 0 bridgehead atoms. The van der Waals surface area contributed by atoms with E-state index in [0.29, 0.717) is 60.0 Å². The topological polar surface area (TPSA) is 125 Å². The van der Waals surface area contributed by atoms with Gasteiger partial charge >= 0.3 is 0 Å². The number of fused-ring (bicyclic) bond motifs is 1. The second-order valence-electron chi connectivity index (χ2n) is 7.16. The maximum Gasteiger partial charge on any atom is 0.235 e. The van der Waals surface area contributed by atoms with E-state index in [1.165, 1.54) is 10.6 Å². The Morgan fingerprint density at radius 2 is 1.87 bits per heavy atom. The lowest BCUT2D eigenvalue weighted by Gasteiger charge is -2.30. The highest BCUT2D eigenvalue weighted by Gasteiger charge is 2.30. The van der Waals surface area contributed by atoms with Gasteiger partial charge in [-0.2, -0.15) is 9.40 Å². The molecule has 1 saturated heterocycles. The number of hydrogen-bond acceptors (Lipinski definition) is 8. The molecule has 1 aliphatic rings. The molecule has 0 atom stereocenters. The van der Waals surface area contributed by atoms with Gasteiger partial charge in [0.1, 0.15) is 17.8 Å². The van der Waals surface area contributed by atoms with Gasteiger partial charge in [-0.1, -0.05) is 6.58 Å². The molecule has 2 N–H and O–H groups in total. The Labute approximate surface area is 180 Å². The molecule has 0 aliphatic carbocycles. The van der Waals surface area contributed by atoms with E-state index in [2.05, 4.69) is 16.5 Å². The van der Waals surface area contributed by atoms with Gasteiger partial charge in [-0.05, 0) is 31.0 Å². The van der Waals surface area contributed by atoms with Crippen LogP contribution in [0.2, 0.25) is 0 Å². The van der Waals surface area contributed by atoms with Crippen molar-refractivity contribution in [2.75, 3.05) is 33.0 Å². The highest BCUT2D eigenvalue weighted by Crippen LogP contribution is 2.37. The molecule has 0 amide bonds. The van der Waals surface area contributed by atoms with Crippen LogP contribution < -0.4 is 15.2 Å².